The highest BCUT2D eigenvalue weighted by Gasteiger charge is 2.20. The number of amides is 1. The maximum absolute atomic E-state index is 15.0. The molecule has 0 saturated carbocycles. The standard InChI is InChI=1S/C24H24F2N6O2/c1-15-14-28-23(30(26)11-10-18-6-4-5-7-19(18)25)24(34)31(15)32-16(2)29-20-12-17(8-9-21(20)32)13-22(33)27-3/h4-9,12,14H,10-11,13H2,1-3H3,(H,27,33). The summed E-state index contributed by atoms with van der Waals surface area (Å²) < 4.78 is 31.7. The summed E-state index contributed by atoms with van der Waals surface area (Å²) >= 11 is 0. The number of halogens is 2. The van der Waals surface area contributed by atoms with Crippen LogP contribution in [0.15, 0.2) is 53.5 Å². The van der Waals surface area contributed by atoms with Crippen LogP contribution in [0.3, 0.4) is 0 Å². The van der Waals surface area contributed by atoms with Gasteiger partial charge in [-0.3, -0.25) is 9.59 Å². The Kier molecular flexibility index (Phi) is 6.40. The van der Waals surface area contributed by atoms with Gasteiger partial charge in [-0.2, -0.15) is 5.12 Å². The van der Waals surface area contributed by atoms with Crippen molar-refractivity contribution in [2.45, 2.75) is 26.7 Å². The van der Waals surface area contributed by atoms with Crippen LogP contribution in [0.4, 0.5) is 14.7 Å². The van der Waals surface area contributed by atoms with E-state index in [1.165, 1.54) is 16.9 Å². The number of fused-ring (bicyclic) bond motifs is 1. The van der Waals surface area contributed by atoms with Gasteiger partial charge in [-0.05, 0) is 49.6 Å². The Morgan fingerprint density at radius 1 is 1.15 bits per heavy atom. The summed E-state index contributed by atoms with van der Waals surface area (Å²) in [4.78, 5) is 33.5. The largest absolute Gasteiger partial charge is 0.359 e. The molecule has 4 aromatic rings. The molecular formula is C24H24F2N6O2. The maximum Gasteiger partial charge on any atom is 0.315 e. The predicted molar refractivity (Wildman–Crippen MR) is 125 cm³/mol. The van der Waals surface area contributed by atoms with Gasteiger partial charge in [-0.25, -0.2) is 23.7 Å². The number of imidazole rings is 1. The van der Waals surface area contributed by atoms with Gasteiger partial charge in [0.15, 0.2) is 0 Å². The minimum absolute atomic E-state index is 0.0688. The van der Waals surface area contributed by atoms with Crippen LogP contribution in [-0.2, 0) is 17.6 Å². The smallest absolute Gasteiger partial charge is 0.315 e. The number of likely N-dealkylation sites (N-methyl/N-ethyl adjacent to an activating group) is 1. The number of carbonyl (C=O) groups excluding carboxylic acids is 1. The molecule has 0 aliphatic heterocycles. The lowest BCUT2D eigenvalue weighted by Crippen LogP contribution is -2.34. The van der Waals surface area contributed by atoms with Gasteiger partial charge in [0.05, 0.1) is 35.9 Å². The molecule has 1 N–H and O–H groups in total. The van der Waals surface area contributed by atoms with Crippen molar-refractivity contribution in [2.75, 3.05) is 18.7 Å². The summed E-state index contributed by atoms with van der Waals surface area (Å²) in [5.74, 6) is -0.452. The molecule has 0 bridgehead atoms. The Balaban J connectivity index is 1.70. The van der Waals surface area contributed by atoms with Gasteiger partial charge in [0.25, 0.3) is 0 Å². The highest BCUT2D eigenvalue weighted by molar-refractivity contribution is 5.82. The van der Waals surface area contributed by atoms with E-state index in [9.17, 15) is 18.5 Å². The fourth-order valence-electron chi connectivity index (χ4n) is 3.83. The molecule has 0 aliphatic rings. The molecule has 0 saturated heterocycles. The second kappa shape index (κ2) is 9.42. The van der Waals surface area contributed by atoms with Crippen LogP contribution < -0.4 is 16.0 Å². The van der Waals surface area contributed by atoms with Gasteiger partial charge >= 0.3 is 5.56 Å². The summed E-state index contributed by atoms with van der Waals surface area (Å²) in [5.41, 5.74) is 2.15. The van der Waals surface area contributed by atoms with Crippen LogP contribution in [0.1, 0.15) is 22.6 Å². The van der Waals surface area contributed by atoms with Crippen LogP contribution >= 0.6 is 0 Å². The zero-order valence-corrected chi connectivity index (χ0v) is 19.0. The van der Waals surface area contributed by atoms with E-state index in [0.717, 1.165) is 5.56 Å². The first-order chi connectivity index (χ1) is 16.3. The molecule has 4 rings (SSSR count). The Morgan fingerprint density at radius 2 is 1.91 bits per heavy atom. The van der Waals surface area contributed by atoms with Gasteiger partial charge in [-0.1, -0.05) is 28.7 Å². The average molecular weight is 466 g/mol. The number of hydrogen-bond acceptors (Lipinski definition) is 5. The lowest BCUT2D eigenvalue weighted by molar-refractivity contribution is -0.119. The number of aromatic nitrogens is 4. The lowest BCUT2D eigenvalue weighted by Gasteiger charge is -2.17. The second-order valence-electron chi connectivity index (χ2n) is 7.91. The zero-order valence-electron chi connectivity index (χ0n) is 19.0. The molecule has 0 spiro atoms. The molecule has 0 fully saturated rings. The quantitative estimate of drug-likeness (QED) is 0.424. The van der Waals surface area contributed by atoms with Crippen molar-refractivity contribution in [1.29, 1.82) is 0 Å². The molecule has 176 valence electrons. The SMILES string of the molecule is CNC(=O)Cc1ccc2c(c1)nc(C)n2-n1c(C)cnc(N(F)CCc2ccccc2F)c1=O. The van der Waals surface area contributed by atoms with Crippen LogP contribution in [0.2, 0.25) is 0 Å². The van der Waals surface area contributed by atoms with Gasteiger partial charge in [0.2, 0.25) is 11.7 Å². The third-order valence-electron chi connectivity index (χ3n) is 5.56. The second-order valence-corrected chi connectivity index (χ2v) is 7.91. The van der Waals surface area contributed by atoms with E-state index in [4.69, 9.17) is 0 Å². The number of rotatable bonds is 7. The Labute approximate surface area is 194 Å². The minimum atomic E-state index is -0.673. The molecule has 34 heavy (non-hydrogen) atoms. The van der Waals surface area contributed by atoms with Crippen molar-refractivity contribution in [3.63, 3.8) is 0 Å². The fraction of sp³-hybridized carbons (Fsp3) is 0.250. The van der Waals surface area contributed by atoms with E-state index in [1.807, 2.05) is 0 Å². The number of nitrogens with one attached hydrogen (secondary N) is 1. The monoisotopic (exact) mass is 466 g/mol. The molecule has 2 aromatic heterocycles. The summed E-state index contributed by atoms with van der Waals surface area (Å²) in [6.45, 7) is 3.18. The van der Waals surface area contributed by atoms with Crippen molar-refractivity contribution in [2.24, 2.45) is 0 Å². The van der Waals surface area contributed by atoms with E-state index in [0.29, 0.717) is 28.1 Å². The number of anilines is 1. The van der Waals surface area contributed by atoms with Gasteiger partial charge < -0.3 is 5.32 Å². The van der Waals surface area contributed by atoms with Crippen molar-refractivity contribution >= 4 is 22.8 Å². The number of hydrogen-bond donors (Lipinski definition) is 1. The molecule has 0 radical (unpaired) electrons. The van der Waals surface area contributed by atoms with Crippen LogP contribution in [-0.4, -0.2) is 38.8 Å². The molecule has 10 heteroatoms. The van der Waals surface area contributed by atoms with E-state index < -0.39 is 17.2 Å². The zero-order chi connectivity index (χ0) is 24.4. The molecule has 0 unspecified atom stereocenters. The van der Waals surface area contributed by atoms with E-state index >= 15 is 0 Å². The van der Waals surface area contributed by atoms with Gasteiger partial charge in [0.1, 0.15) is 11.6 Å². The number of carbonyl (C=O) groups is 1. The lowest BCUT2D eigenvalue weighted by atomic mass is 10.1. The van der Waals surface area contributed by atoms with Crippen LogP contribution in [0, 0.1) is 19.7 Å². The summed E-state index contributed by atoms with van der Waals surface area (Å²) in [6.07, 6.45) is 1.67. The highest BCUT2D eigenvalue weighted by atomic mass is 19.2. The number of nitrogens with zero attached hydrogens (tertiary/aromatic N) is 5. The summed E-state index contributed by atoms with van der Waals surface area (Å²) in [5, 5.41) is 2.82. The average Bonchev–Trinajstić information content (AvgIpc) is 3.13. The van der Waals surface area contributed by atoms with E-state index in [1.54, 1.807) is 62.0 Å². The number of aryl methyl sites for hydroxylation is 2. The third-order valence-corrected chi connectivity index (χ3v) is 5.56. The summed E-state index contributed by atoms with van der Waals surface area (Å²) in [6, 6.07) is 11.5. The fourth-order valence-corrected chi connectivity index (χ4v) is 3.83. The van der Waals surface area contributed by atoms with Crippen molar-refractivity contribution in [3.05, 3.63) is 87.5 Å². The van der Waals surface area contributed by atoms with E-state index in [2.05, 4.69) is 15.3 Å². The Bertz CT molecular complexity index is 1430. The molecule has 0 atom stereocenters. The van der Waals surface area contributed by atoms with Gasteiger partial charge in [-0.15, -0.1) is 0 Å². The Hall–Kier alpha value is -4.08. The van der Waals surface area contributed by atoms with Gasteiger partial charge in [0, 0.05) is 7.05 Å². The highest BCUT2D eigenvalue weighted by Crippen LogP contribution is 2.20. The molecule has 8 nitrogen and oxygen atoms in total. The maximum atomic E-state index is 15.0. The predicted octanol–water partition coefficient (Wildman–Crippen LogP) is 2.88. The minimum Gasteiger partial charge on any atom is -0.359 e. The topological polar surface area (TPSA) is 85.1 Å². The number of benzene rings is 2. The molecule has 2 aromatic carbocycles. The first kappa shape index (κ1) is 23.1. The first-order valence-electron chi connectivity index (χ1n) is 10.7. The van der Waals surface area contributed by atoms with Crippen LogP contribution in [0.25, 0.3) is 11.0 Å². The normalized spacial score (nSPS) is 11.1. The first-order valence-corrected chi connectivity index (χ1v) is 10.7. The Morgan fingerprint density at radius 3 is 2.65 bits per heavy atom. The molecule has 2 heterocycles. The molecular weight excluding hydrogens is 442 g/mol. The molecule has 0 aliphatic carbocycles. The van der Waals surface area contributed by atoms with Crippen molar-refractivity contribution in [3.8, 4) is 0 Å². The van der Waals surface area contributed by atoms with E-state index in [-0.39, 0.29) is 30.4 Å². The molecule has 1 amide bonds. The van der Waals surface area contributed by atoms with Crippen molar-refractivity contribution < 1.29 is 13.7 Å². The third kappa shape index (κ3) is 4.39. The van der Waals surface area contributed by atoms with Crippen molar-refractivity contribution in [1.82, 2.24) is 24.6 Å². The summed E-state index contributed by atoms with van der Waals surface area (Å²) in [7, 11) is 1.57. The van der Waals surface area contributed by atoms with Crippen LogP contribution in [0.5, 0.6) is 0 Å².